The van der Waals surface area contributed by atoms with Gasteiger partial charge in [0.25, 0.3) is 15.9 Å². The van der Waals surface area contributed by atoms with Gasteiger partial charge >= 0.3 is 5.97 Å². The van der Waals surface area contributed by atoms with Crippen molar-refractivity contribution >= 4 is 38.9 Å². The van der Waals surface area contributed by atoms with E-state index in [-0.39, 0.29) is 10.6 Å². The Morgan fingerprint density at radius 3 is 2.46 bits per heavy atom. The highest BCUT2D eigenvalue weighted by Crippen LogP contribution is 2.27. The molecule has 7 nitrogen and oxygen atoms in total. The lowest BCUT2D eigenvalue weighted by molar-refractivity contribution is -0.146. The average molecular weight is 423 g/mol. The van der Waals surface area contributed by atoms with Gasteiger partial charge in [0.05, 0.1) is 6.42 Å². The SMILES string of the molecule is O=C(COC(=O)Cc1ccc(S(=O)(=O)N2CCCCC2)s1)Nc1ccccc1. The number of hydrogen-bond acceptors (Lipinski definition) is 6. The number of piperidine rings is 1. The molecule has 1 fully saturated rings. The number of nitrogens with zero attached hydrogens (tertiary/aromatic N) is 1. The molecule has 0 aliphatic carbocycles. The van der Waals surface area contributed by atoms with Crippen molar-refractivity contribution in [1.29, 1.82) is 0 Å². The molecule has 2 heterocycles. The van der Waals surface area contributed by atoms with E-state index in [4.69, 9.17) is 4.74 Å². The molecule has 0 bridgehead atoms. The number of esters is 1. The van der Waals surface area contributed by atoms with Crippen LogP contribution in [0.15, 0.2) is 46.7 Å². The van der Waals surface area contributed by atoms with Crippen LogP contribution in [0.1, 0.15) is 24.1 Å². The molecule has 1 amide bonds. The fourth-order valence-electron chi connectivity index (χ4n) is 2.88. The first-order valence-corrected chi connectivity index (χ1v) is 11.3. The van der Waals surface area contributed by atoms with E-state index in [0.29, 0.717) is 23.7 Å². The molecule has 0 atom stereocenters. The lowest BCUT2D eigenvalue weighted by Crippen LogP contribution is -2.35. The summed E-state index contributed by atoms with van der Waals surface area (Å²) in [7, 11) is -3.50. The second-order valence-corrected chi connectivity index (χ2v) is 9.77. The van der Waals surface area contributed by atoms with Gasteiger partial charge in [-0.3, -0.25) is 9.59 Å². The highest BCUT2D eigenvalue weighted by molar-refractivity contribution is 7.91. The van der Waals surface area contributed by atoms with Crippen LogP contribution in [0.2, 0.25) is 0 Å². The molecule has 1 aliphatic rings. The highest BCUT2D eigenvalue weighted by atomic mass is 32.2. The Morgan fingerprint density at radius 2 is 1.75 bits per heavy atom. The summed E-state index contributed by atoms with van der Waals surface area (Å²) >= 11 is 1.07. The molecule has 0 spiro atoms. The summed E-state index contributed by atoms with van der Waals surface area (Å²) in [5.41, 5.74) is 0.620. The zero-order chi connectivity index (χ0) is 20.0. The van der Waals surface area contributed by atoms with E-state index in [9.17, 15) is 18.0 Å². The van der Waals surface area contributed by atoms with E-state index in [1.54, 1.807) is 30.3 Å². The number of thiophene rings is 1. The van der Waals surface area contributed by atoms with Gasteiger partial charge in [0.15, 0.2) is 6.61 Å². The Kier molecular flexibility index (Phi) is 6.82. The van der Waals surface area contributed by atoms with Crippen molar-refractivity contribution in [2.24, 2.45) is 0 Å². The van der Waals surface area contributed by atoms with Crippen LogP contribution < -0.4 is 5.32 Å². The van der Waals surface area contributed by atoms with E-state index < -0.39 is 28.5 Å². The molecule has 1 aromatic heterocycles. The van der Waals surface area contributed by atoms with E-state index in [2.05, 4.69) is 5.32 Å². The largest absolute Gasteiger partial charge is 0.455 e. The Hall–Kier alpha value is -2.23. The maximum absolute atomic E-state index is 12.6. The first-order valence-electron chi connectivity index (χ1n) is 9.04. The molecule has 150 valence electrons. The third-order valence-electron chi connectivity index (χ3n) is 4.29. The number of hydrogen-bond donors (Lipinski definition) is 1. The molecule has 3 rings (SSSR count). The van der Waals surface area contributed by atoms with Crippen molar-refractivity contribution in [1.82, 2.24) is 4.31 Å². The summed E-state index contributed by atoms with van der Waals surface area (Å²) in [5, 5.41) is 2.62. The second kappa shape index (κ2) is 9.31. The molecule has 0 unspecified atom stereocenters. The topological polar surface area (TPSA) is 92.8 Å². The lowest BCUT2D eigenvalue weighted by Gasteiger charge is -2.25. The summed E-state index contributed by atoms with van der Waals surface area (Å²) in [5.74, 6) is -1.01. The number of rotatable bonds is 7. The minimum absolute atomic E-state index is 0.0706. The first-order chi connectivity index (χ1) is 13.4. The van der Waals surface area contributed by atoms with Gasteiger partial charge in [-0.05, 0) is 37.1 Å². The predicted molar refractivity (Wildman–Crippen MR) is 107 cm³/mol. The van der Waals surface area contributed by atoms with Crippen LogP contribution >= 0.6 is 11.3 Å². The van der Waals surface area contributed by atoms with Gasteiger partial charge in [-0.2, -0.15) is 4.31 Å². The zero-order valence-corrected chi connectivity index (χ0v) is 16.9. The van der Waals surface area contributed by atoms with Crippen LogP contribution in [0.25, 0.3) is 0 Å². The Labute approximate surface area is 168 Å². The number of para-hydroxylation sites is 1. The van der Waals surface area contributed by atoms with Crippen LogP contribution in [0.5, 0.6) is 0 Å². The van der Waals surface area contributed by atoms with Gasteiger partial charge in [0.2, 0.25) is 0 Å². The number of carbonyl (C=O) groups excluding carboxylic acids is 2. The monoisotopic (exact) mass is 422 g/mol. The standard InChI is InChI=1S/C19H22N2O5S2/c22-17(20-15-7-3-1-4-8-15)14-26-18(23)13-16-9-10-19(27-16)28(24,25)21-11-5-2-6-12-21/h1,3-4,7-10H,2,5-6,11-14H2,(H,20,22). The molecule has 1 aliphatic heterocycles. The van der Waals surface area contributed by atoms with Crippen molar-refractivity contribution in [3.63, 3.8) is 0 Å². The van der Waals surface area contributed by atoms with Crippen LogP contribution in [0, 0.1) is 0 Å². The van der Waals surface area contributed by atoms with Crippen molar-refractivity contribution in [2.45, 2.75) is 29.9 Å². The third-order valence-corrected chi connectivity index (χ3v) is 7.74. The minimum atomic E-state index is -3.50. The number of benzene rings is 1. The van der Waals surface area contributed by atoms with Gasteiger partial charge in [-0.1, -0.05) is 24.6 Å². The summed E-state index contributed by atoms with van der Waals surface area (Å²) in [6, 6.07) is 12.0. The smallest absolute Gasteiger partial charge is 0.311 e. The first kappa shape index (κ1) is 20.5. The van der Waals surface area contributed by atoms with Gasteiger partial charge in [0, 0.05) is 23.7 Å². The molecule has 28 heavy (non-hydrogen) atoms. The summed E-state index contributed by atoms with van der Waals surface area (Å²) < 4.78 is 32.0. The van der Waals surface area contributed by atoms with Crippen LogP contribution in [0.4, 0.5) is 5.69 Å². The second-order valence-electron chi connectivity index (χ2n) is 6.44. The molecule has 9 heteroatoms. The molecule has 1 aromatic carbocycles. The normalized spacial score (nSPS) is 15.1. The molecule has 0 saturated carbocycles. The molecular weight excluding hydrogens is 400 g/mol. The van der Waals surface area contributed by atoms with Gasteiger partial charge in [0.1, 0.15) is 4.21 Å². The molecule has 0 radical (unpaired) electrons. The molecule has 1 saturated heterocycles. The molecule has 2 aromatic rings. The van der Waals surface area contributed by atoms with Gasteiger partial charge < -0.3 is 10.1 Å². The summed E-state index contributed by atoms with van der Waals surface area (Å²) in [4.78, 5) is 24.4. The lowest BCUT2D eigenvalue weighted by atomic mass is 10.2. The highest BCUT2D eigenvalue weighted by Gasteiger charge is 2.27. The third kappa shape index (κ3) is 5.40. The van der Waals surface area contributed by atoms with Gasteiger partial charge in [-0.25, -0.2) is 8.42 Å². The molecule has 1 N–H and O–H groups in total. The Bertz CT molecular complexity index is 919. The van der Waals surface area contributed by atoms with E-state index in [1.165, 1.54) is 10.4 Å². The Morgan fingerprint density at radius 1 is 1.04 bits per heavy atom. The average Bonchev–Trinajstić information content (AvgIpc) is 3.17. The number of ether oxygens (including phenoxy) is 1. The van der Waals surface area contributed by atoms with E-state index >= 15 is 0 Å². The minimum Gasteiger partial charge on any atom is -0.455 e. The van der Waals surface area contributed by atoms with E-state index in [1.807, 2.05) is 6.07 Å². The quantitative estimate of drug-likeness (QED) is 0.693. The van der Waals surface area contributed by atoms with Crippen molar-refractivity contribution in [3.05, 3.63) is 47.3 Å². The summed E-state index contributed by atoms with van der Waals surface area (Å²) in [6.45, 7) is 0.681. The number of sulfonamides is 1. The number of carbonyl (C=O) groups is 2. The van der Waals surface area contributed by atoms with E-state index in [0.717, 1.165) is 30.6 Å². The molecular formula is C19H22N2O5S2. The van der Waals surface area contributed by atoms with Crippen LogP contribution in [-0.2, 0) is 30.8 Å². The maximum atomic E-state index is 12.6. The fraction of sp³-hybridized carbons (Fsp3) is 0.368. The number of anilines is 1. The number of nitrogens with one attached hydrogen (secondary N) is 1. The fourth-order valence-corrected chi connectivity index (χ4v) is 5.89. The van der Waals surface area contributed by atoms with Crippen LogP contribution in [0.3, 0.4) is 0 Å². The zero-order valence-electron chi connectivity index (χ0n) is 15.3. The van der Waals surface area contributed by atoms with Crippen molar-refractivity contribution in [3.8, 4) is 0 Å². The maximum Gasteiger partial charge on any atom is 0.311 e. The summed E-state index contributed by atoms with van der Waals surface area (Å²) in [6.07, 6.45) is 2.72. The van der Waals surface area contributed by atoms with Crippen molar-refractivity contribution in [2.75, 3.05) is 25.0 Å². The van der Waals surface area contributed by atoms with Gasteiger partial charge in [-0.15, -0.1) is 11.3 Å². The van der Waals surface area contributed by atoms with Crippen LogP contribution in [-0.4, -0.2) is 44.3 Å². The van der Waals surface area contributed by atoms with Crippen molar-refractivity contribution < 1.29 is 22.7 Å². The predicted octanol–water partition coefficient (Wildman–Crippen LogP) is 2.65. The number of amides is 1. The Balaban J connectivity index is 1.50.